The molecule has 1 heterocycles. The van der Waals surface area contributed by atoms with Crippen LogP contribution in [0.2, 0.25) is 0 Å². The van der Waals surface area contributed by atoms with Gasteiger partial charge in [-0.15, -0.1) is 0 Å². The van der Waals surface area contributed by atoms with Crippen molar-refractivity contribution in [2.45, 2.75) is 0 Å². The number of nitrogens with zero attached hydrogens (tertiary/aromatic N) is 1. The number of carbonyl (C=O) groups excluding carboxylic acids is 2. The Morgan fingerprint density at radius 2 is 1.13 bits per heavy atom. The van der Waals surface area contributed by atoms with E-state index in [1.165, 1.54) is 24.3 Å². The third-order valence-corrected chi connectivity index (χ3v) is 4.28. The van der Waals surface area contributed by atoms with Crippen molar-refractivity contribution in [2.24, 2.45) is 0 Å². The van der Waals surface area contributed by atoms with E-state index < -0.39 is 23.4 Å². The number of aromatic nitrogens is 1. The summed E-state index contributed by atoms with van der Waals surface area (Å²) in [5, 5.41) is 40.0. The summed E-state index contributed by atoms with van der Waals surface area (Å²) in [6, 6.07) is 8.97. The van der Waals surface area contributed by atoms with Crippen LogP contribution in [0.25, 0.3) is 22.5 Å². The summed E-state index contributed by atoms with van der Waals surface area (Å²) in [5.74, 6) is -3.33. The normalized spacial score (nSPS) is 10.5. The molecule has 0 atom stereocenters. The van der Waals surface area contributed by atoms with Crippen molar-refractivity contribution >= 4 is 11.9 Å². The van der Waals surface area contributed by atoms with Crippen molar-refractivity contribution in [1.29, 1.82) is 0 Å². The van der Waals surface area contributed by atoms with E-state index in [0.29, 0.717) is 0 Å². The molecule has 154 valence electrons. The Morgan fingerprint density at radius 1 is 0.733 bits per heavy atom. The molecule has 0 amide bonds. The number of ether oxygens (including phenoxy) is 2. The summed E-state index contributed by atoms with van der Waals surface area (Å²) in [5.41, 5.74) is 0.0182. The number of carbonyl (C=O) groups is 2. The quantitative estimate of drug-likeness (QED) is 0.476. The minimum atomic E-state index is -0.847. The molecular weight excluding hydrogens is 394 g/mol. The standard InChI is InChI=1S/C21H17NO8/c1-29-20(27)18-12(6-10(23)8-16(18)25)14-4-3-5-15(22-14)13-7-11(24)9-17(26)19(13)21(28)30-2/h3-9,23-26H,1-2H3. The Bertz CT molecular complexity index is 1070. The lowest BCUT2D eigenvalue weighted by molar-refractivity contribution is 0.0589. The maximum atomic E-state index is 12.1. The summed E-state index contributed by atoms with van der Waals surface area (Å²) in [7, 11) is 2.28. The number of benzene rings is 2. The van der Waals surface area contributed by atoms with Crippen molar-refractivity contribution in [1.82, 2.24) is 4.98 Å². The zero-order chi connectivity index (χ0) is 22.0. The topological polar surface area (TPSA) is 146 Å². The molecule has 0 saturated carbocycles. The van der Waals surface area contributed by atoms with Gasteiger partial charge in [0, 0.05) is 23.3 Å². The molecule has 0 radical (unpaired) electrons. The van der Waals surface area contributed by atoms with Crippen molar-refractivity contribution in [2.75, 3.05) is 14.2 Å². The number of phenols is 4. The lowest BCUT2D eigenvalue weighted by Gasteiger charge is -2.13. The SMILES string of the molecule is COC(=O)c1c(O)cc(O)cc1-c1cccc(-c2cc(O)cc(O)c2C(=O)OC)n1. The molecular formula is C21H17NO8. The van der Waals surface area contributed by atoms with Crippen LogP contribution in [-0.4, -0.2) is 51.6 Å². The average molecular weight is 411 g/mol. The van der Waals surface area contributed by atoms with E-state index in [1.54, 1.807) is 6.07 Å². The number of esters is 2. The first-order chi connectivity index (χ1) is 14.3. The molecule has 3 rings (SSSR count). The first-order valence-corrected chi connectivity index (χ1v) is 8.53. The fraction of sp³-hybridized carbons (Fsp3) is 0.0952. The lowest BCUT2D eigenvalue weighted by atomic mass is 9.99. The molecule has 0 aliphatic heterocycles. The summed E-state index contributed by atoms with van der Waals surface area (Å²) in [4.78, 5) is 28.7. The summed E-state index contributed by atoms with van der Waals surface area (Å²) in [6.07, 6.45) is 0. The van der Waals surface area contributed by atoms with Crippen LogP contribution in [0.5, 0.6) is 23.0 Å². The predicted molar refractivity (Wildman–Crippen MR) is 104 cm³/mol. The van der Waals surface area contributed by atoms with E-state index in [0.717, 1.165) is 26.4 Å². The lowest BCUT2D eigenvalue weighted by Crippen LogP contribution is -2.06. The van der Waals surface area contributed by atoms with E-state index in [1.807, 2.05) is 0 Å². The number of rotatable bonds is 4. The highest BCUT2D eigenvalue weighted by Gasteiger charge is 2.23. The minimum absolute atomic E-state index is 0.0743. The molecule has 0 aliphatic carbocycles. The molecule has 9 heteroatoms. The number of phenolic OH excluding ortho intramolecular Hbond substituents is 4. The maximum absolute atomic E-state index is 12.1. The van der Waals surface area contributed by atoms with Crippen LogP contribution in [0.15, 0.2) is 42.5 Å². The van der Waals surface area contributed by atoms with Gasteiger partial charge in [-0.1, -0.05) is 6.07 Å². The van der Waals surface area contributed by atoms with Gasteiger partial charge < -0.3 is 29.9 Å². The number of methoxy groups -OCH3 is 2. The second kappa shape index (κ2) is 8.00. The summed E-state index contributed by atoms with van der Waals surface area (Å²) < 4.78 is 9.39. The molecule has 3 aromatic rings. The fourth-order valence-corrected chi connectivity index (χ4v) is 3.00. The molecule has 30 heavy (non-hydrogen) atoms. The van der Waals surface area contributed by atoms with Gasteiger partial charge in [0.2, 0.25) is 0 Å². The molecule has 2 aromatic carbocycles. The zero-order valence-corrected chi connectivity index (χ0v) is 15.9. The molecule has 9 nitrogen and oxygen atoms in total. The maximum Gasteiger partial charge on any atom is 0.342 e. The third kappa shape index (κ3) is 3.68. The van der Waals surface area contributed by atoms with Gasteiger partial charge in [0.05, 0.1) is 25.6 Å². The van der Waals surface area contributed by atoms with Gasteiger partial charge in [0.25, 0.3) is 0 Å². The van der Waals surface area contributed by atoms with E-state index in [9.17, 15) is 30.0 Å². The van der Waals surface area contributed by atoms with Crippen molar-refractivity contribution in [3.8, 4) is 45.5 Å². The van der Waals surface area contributed by atoms with E-state index in [-0.39, 0.29) is 45.1 Å². The van der Waals surface area contributed by atoms with Gasteiger partial charge in [-0.25, -0.2) is 14.6 Å². The Morgan fingerprint density at radius 3 is 1.50 bits per heavy atom. The smallest absolute Gasteiger partial charge is 0.342 e. The largest absolute Gasteiger partial charge is 0.508 e. The highest BCUT2D eigenvalue weighted by atomic mass is 16.5. The summed E-state index contributed by atoms with van der Waals surface area (Å²) in [6.45, 7) is 0. The molecule has 0 saturated heterocycles. The van der Waals surface area contributed by atoms with Crippen LogP contribution in [0, 0.1) is 0 Å². The van der Waals surface area contributed by atoms with E-state index >= 15 is 0 Å². The van der Waals surface area contributed by atoms with Crippen LogP contribution in [0.1, 0.15) is 20.7 Å². The molecule has 0 spiro atoms. The number of hydrogen-bond donors (Lipinski definition) is 4. The Balaban J connectivity index is 2.26. The highest BCUT2D eigenvalue weighted by molar-refractivity contribution is 6.01. The molecule has 1 aromatic heterocycles. The molecule has 0 aliphatic rings. The van der Waals surface area contributed by atoms with E-state index in [2.05, 4.69) is 4.98 Å². The van der Waals surface area contributed by atoms with Crippen LogP contribution < -0.4 is 0 Å². The molecule has 0 unspecified atom stereocenters. The monoisotopic (exact) mass is 411 g/mol. The second-order valence-corrected chi connectivity index (χ2v) is 6.17. The van der Waals surface area contributed by atoms with Gasteiger partial charge in [0.1, 0.15) is 34.1 Å². The zero-order valence-electron chi connectivity index (χ0n) is 15.9. The van der Waals surface area contributed by atoms with Crippen LogP contribution in [-0.2, 0) is 9.47 Å². The van der Waals surface area contributed by atoms with Crippen LogP contribution >= 0.6 is 0 Å². The molecule has 0 fully saturated rings. The Labute approximate surface area is 170 Å². The Hall–Kier alpha value is -4.27. The number of pyridine rings is 1. The van der Waals surface area contributed by atoms with Crippen LogP contribution in [0.3, 0.4) is 0 Å². The predicted octanol–water partition coefficient (Wildman–Crippen LogP) is 2.81. The van der Waals surface area contributed by atoms with E-state index in [4.69, 9.17) is 9.47 Å². The van der Waals surface area contributed by atoms with Crippen molar-refractivity contribution in [3.63, 3.8) is 0 Å². The molecule has 4 N–H and O–H groups in total. The fourth-order valence-electron chi connectivity index (χ4n) is 3.00. The average Bonchev–Trinajstić information content (AvgIpc) is 2.71. The van der Waals surface area contributed by atoms with Crippen molar-refractivity contribution < 1.29 is 39.5 Å². The number of aromatic hydroxyl groups is 4. The first-order valence-electron chi connectivity index (χ1n) is 8.53. The third-order valence-electron chi connectivity index (χ3n) is 4.28. The summed E-state index contributed by atoms with van der Waals surface area (Å²) >= 11 is 0. The highest BCUT2D eigenvalue weighted by Crippen LogP contribution is 2.37. The van der Waals surface area contributed by atoms with Crippen LogP contribution in [0.4, 0.5) is 0 Å². The molecule has 0 bridgehead atoms. The van der Waals surface area contributed by atoms with Gasteiger partial charge in [0.15, 0.2) is 0 Å². The van der Waals surface area contributed by atoms with Crippen molar-refractivity contribution in [3.05, 3.63) is 53.6 Å². The van der Waals surface area contributed by atoms with Gasteiger partial charge >= 0.3 is 11.9 Å². The van der Waals surface area contributed by atoms with Gasteiger partial charge in [-0.3, -0.25) is 0 Å². The first kappa shape index (κ1) is 20.5. The minimum Gasteiger partial charge on any atom is -0.508 e. The second-order valence-electron chi connectivity index (χ2n) is 6.17. The number of hydrogen-bond acceptors (Lipinski definition) is 9. The Kier molecular flexibility index (Phi) is 5.45. The van der Waals surface area contributed by atoms with Gasteiger partial charge in [-0.2, -0.15) is 0 Å². The van der Waals surface area contributed by atoms with Gasteiger partial charge in [-0.05, 0) is 24.3 Å².